The molecule has 0 fully saturated rings. The van der Waals surface area contributed by atoms with Crippen LogP contribution in [0.15, 0.2) is 35.9 Å². The Labute approximate surface area is 109 Å². The number of aliphatic hydroxyl groups is 1. The summed E-state index contributed by atoms with van der Waals surface area (Å²) in [4.78, 5) is 0. The molecule has 1 aromatic carbocycles. The van der Waals surface area contributed by atoms with Crippen LogP contribution in [0.2, 0.25) is 5.02 Å². The fraction of sp³-hybridized carbons (Fsp3) is 0.467. The Morgan fingerprint density at radius 3 is 2.41 bits per heavy atom. The van der Waals surface area contributed by atoms with Crippen molar-refractivity contribution < 1.29 is 5.11 Å². The molecule has 94 valence electrons. The number of benzene rings is 1. The molecule has 0 amide bonds. The summed E-state index contributed by atoms with van der Waals surface area (Å²) in [6.45, 7) is 6.49. The van der Waals surface area contributed by atoms with Gasteiger partial charge in [-0.3, -0.25) is 0 Å². The molecule has 1 N–H and O–H groups in total. The molecule has 1 nitrogen and oxygen atoms in total. The molecule has 1 rings (SSSR count). The normalized spacial score (nSPS) is 14.1. The molecule has 0 aliphatic carbocycles. The lowest BCUT2D eigenvalue weighted by Gasteiger charge is -2.09. The third-order valence-corrected chi connectivity index (χ3v) is 3.02. The van der Waals surface area contributed by atoms with E-state index in [9.17, 15) is 5.11 Å². The number of hydrogen-bond acceptors (Lipinski definition) is 1. The van der Waals surface area contributed by atoms with Crippen molar-refractivity contribution in [3.8, 4) is 0 Å². The quantitative estimate of drug-likeness (QED) is 0.750. The van der Waals surface area contributed by atoms with Gasteiger partial charge in [-0.2, -0.15) is 0 Å². The Kier molecular flexibility index (Phi) is 5.73. The van der Waals surface area contributed by atoms with Crippen molar-refractivity contribution in [3.05, 3.63) is 46.5 Å². The zero-order valence-electron chi connectivity index (χ0n) is 10.8. The van der Waals surface area contributed by atoms with Gasteiger partial charge in [0.2, 0.25) is 0 Å². The van der Waals surface area contributed by atoms with Crippen molar-refractivity contribution in [1.29, 1.82) is 0 Å². The number of aliphatic hydroxyl groups excluding tert-OH is 1. The molecular weight excluding hydrogens is 232 g/mol. The average Bonchev–Trinajstić information content (AvgIpc) is 2.27. The van der Waals surface area contributed by atoms with Crippen LogP contribution >= 0.6 is 11.6 Å². The zero-order valence-corrected chi connectivity index (χ0v) is 11.5. The van der Waals surface area contributed by atoms with Crippen LogP contribution in [0.25, 0.3) is 0 Å². The first-order chi connectivity index (χ1) is 7.99. The molecule has 0 unspecified atom stereocenters. The summed E-state index contributed by atoms with van der Waals surface area (Å²) >= 11 is 5.81. The monoisotopic (exact) mass is 252 g/mol. The lowest BCUT2D eigenvalue weighted by molar-refractivity contribution is 0.227. The van der Waals surface area contributed by atoms with Gasteiger partial charge in [0.1, 0.15) is 0 Å². The minimum absolute atomic E-state index is 0.528. The van der Waals surface area contributed by atoms with Crippen LogP contribution in [-0.2, 0) is 0 Å². The maximum absolute atomic E-state index is 10.0. The number of halogens is 1. The van der Waals surface area contributed by atoms with E-state index in [1.54, 1.807) is 12.1 Å². The number of allylic oxidation sites excluding steroid dienone is 1. The molecule has 1 aromatic rings. The van der Waals surface area contributed by atoms with Gasteiger partial charge in [0.25, 0.3) is 0 Å². The van der Waals surface area contributed by atoms with Gasteiger partial charge in [-0.05, 0) is 43.4 Å². The van der Waals surface area contributed by atoms with E-state index in [1.807, 2.05) is 18.2 Å². The Bertz CT molecular complexity index is 365. The van der Waals surface area contributed by atoms with E-state index in [0.29, 0.717) is 10.9 Å². The molecule has 1 atom stereocenters. The zero-order chi connectivity index (χ0) is 12.8. The maximum Gasteiger partial charge on any atom is 0.0974 e. The van der Waals surface area contributed by atoms with Gasteiger partial charge in [-0.25, -0.2) is 0 Å². The van der Waals surface area contributed by atoms with Gasteiger partial charge >= 0.3 is 0 Å². The predicted molar refractivity (Wildman–Crippen MR) is 74.2 cm³/mol. The van der Waals surface area contributed by atoms with Gasteiger partial charge in [0.15, 0.2) is 0 Å². The standard InChI is InChI=1S/C15H21ClO/c1-11(2)4-5-12(3)10-15(17)13-6-8-14(16)9-7-13/h6-11,15,17H,4-5H2,1-3H3/b12-10+/t15-/m1/s1. The smallest absolute Gasteiger partial charge is 0.0974 e. The largest absolute Gasteiger partial charge is 0.384 e. The van der Waals surface area contributed by atoms with Crippen LogP contribution in [0.3, 0.4) is 0 Å². The molecule has 2 heteroatoms. The van der Waals surface area contributed by atoms with Gasteiger partial charge in [0, 0.05) is 5.02 Å². The van der Waals surface area contributed by atoms with Gasteiger partial charge in [-0.1, -0.05) is 49.2 Å². The average molecular weight is 253 g/mol. The molecule has 0 aromatic heterocycles. The molecule has 0 radical (unpaired) electrons. The molecule has 0 spiro atoms. The van der Waals surface area contributed by atoms with E-state index in [-0.39, 0.29) is 0 Å². The highest BCUT2D eigenvalue weighted by Gasteiger charge is 2.05. The molecule has 0 bridgehead atoms. The third kappa shape index (κ3) is 5.38. The summed E-state index contributed by atoms with van der Waals surface area (Å²) in [5.74, 6) is 0.700. The Morgan fingerprint density at radius 2 is 1.88 bits per heavy atom. The van der Waals surface area contributed by atoms with Crippen molar-refractivity contribution in [1.82, 2.24) is 0 Å². The highest BCUT2D eigenvalue weighted by atomic mass is 35.5. The Hall–Kier alpha value is -0.790. The highest BCUT2D eigenvalue weighted by Crippen LogP contribution is 2.20. The fourth-order valence-corrected chi connectivity index (χ4v) is 1.75. The fourth-order valence-electron chi connectivity index (χ4n) is 1.63. The minimum atomic E-state index is -0.528. The van der Waals surface area contributed by atoms with Crippen LogP contribution in [0.1, 0.15) is 45.3 Å². The Balaban J connectivity index is 2.60. The first-order valence-corrected chi connectivity index (χ1v) is 6.47. The highest BCUT2D eigenvalue weighted by molar-refractivity contribution is 6.30. The second-order valence-electron chi connectivity index (χ2n) is 4.94. The molecular formula is C15H21ClO. The predicted octanol–water partition coefficient (Wildman–Crippen LogP) is 4.76. The van der Waals surface area contributed by atoms with Crippen molar-refractivity contribution in [3.63, 3.8) is 0 Å². The third-order valence-electron chi connectivity index (χ3n) is 2.77. The molecule has 0 saturated carbocycles. The van der Waals surface area contributed by atoms with Gasteiger partial charge in [-0.15, -0.1) is 0 Å². The number of hydrogen-bond donors (Lipinski definition) is 1. The van der Waals surface area contributed by atoms with Crippen molar-refractivity contribution >= 4 is 11.6 Å². The van der Waals surface area contributed by atoms with E-state index in [4.69, 9.17) is 11.6 Å². The summed E-state index contributed by atoms with van der Waals surface area (Å²) in [6.07, 6.45) is 3.60. The topological polar surface area (TPSA) is 20.2 Å². The van der Waals surface area contributed by atoms with Crippen LogP contribution in [0.4, 0.5) is 0 Å². The Morgan fingerprint density at radius 1 is 1.29 bits per heavy atom. The van der Waals surface area contributed by atoms with E-state index < -0.39 is 6.10 Å². The molecule has 0 heterocycles. The van der Waals surface area contributed by atoms with E-state index in [1.165, 1.54) is 5.57 Å². The second-order valence-corrected chi connectivity index (χ2v) is 5.38. The molecule has 0 saturated heterocycles. The summed E-state index contributed by atoms with van der Waals surface area (Å²) in [5, 5.41) is 10.7. The molecule has 17 heavy (non-hydrogen) atoms. The lowest BCUT2D eigenvalue weighted by Crippen LogP contribution is -1.95. The van der Waals surface area contributed by atoms with E-state index >= 15 is 0 Å². The second kappa shape index (κ2) is 6.83. The van der Waals surface area contributed by atoms with Gasteiger partial charge in [0.05, 0.1) is 6.10 Å². The van der Waals surface area contributed by atoms with Crippen molar-refractivity contribution in [2.75, 3.05) is 0 Å². The summed E-state index contributed by atoms with van der Waals surface area (Å²) in [7, 11) is 0. The van der Waals surface area contributed by atoms with Gasteiger partial charge < -0.3 is 5.11 Å². The lowest BCUT2D eigenvalue weighted by atomic mass is 10.0. The van der Waals surface area contributed by atoms with Crippen molar-refractivity contribution in [2.45, 2.75) is 39.7 Å². The first kappa shape index (κ1) is 14.3. The first-order valence-electron chi connectivity index (χ1n) is 6.10. The summed E-state index contributed by atoms with van der Waals surface area (Å²) in [5.41, 5.74) is 2.12. The molecule has 0 aliphatic rings. The van der Waals surface area contributed by atoms with Crippen LogP contribution in [0, 0.1) is 5.92 Å². The number of rotatable bonds is 5. The molecule has 0 aliphatic heterocycles. The summed E-state index contributed by atoms with van der Waals surface area (Å²) in [6, 6.07) is 7.33. The van der Waals surface area contributed by atoms with Crippen LogP contribution < -0.4 is 0 Å². The minimum Gasteiger partial charge on any atom is -0.384 e. The maximum atomic E-state index is 10.0. The van der Waals surface area contributed by atoms with E-state index in [0.717, 1.165) is 18.4 Å². The van der Waals surface area contributed by atoms with E-state index in [2.05, 4.69) is 20.8 Å². The van der Waals surface area contributed by atoms with Crippen LogP contribution in [0.5, 0.6) is 0 Å². The van der Waals surface area contributed by atoms with Crippen LogP contribution in [-0.4, -0.2) is 5.11 Å². The SMILES string of the molecule is C/C(=C\[C@@H](O)c1ccc(Cl)cc1)CCC(C)C. The van der Waals surface area contributed by atoms with Crippen molar-refractivity contribution in [2.24, 2.45) is 5.92 Å². The summed E-state index contributed by atoms with van der Waals surface area (Å²) < 4.78 is 0.